The summed E-state index contributed by atoms with van der Waals surface area (Å²) in [5.74, 6) is -0.639. The van der Waals surface area contributed by atoms with Crippen LogP contribution < -0.4 is 5.73 Å². The zero-order valence-corrected chi connectivity index (χ0v) is 13.0. The number of sulfonamides is 1. The number of piperidine rings is 1. The predicted molar refractivity (Wildman–Crippen MR) is 75.4 cm³/mol. The van der Waals surface area contributed by atoms with E-state index in [4.69, 9.17) is 10.2 Å². The van der Waals surface area contributed by atoms with Gasteiger partial charge in [-0.3, -0.25) is 0 Å². The van der Waals surface area contributed by atoms with Gasteiger partial charge in [-0.15, -0.1) is 0 Å². The van der Waals surface area contributed by atoms with Crippen LogP contribution in [0.25, 0.3) is 0 Å². The summed E-state index contributed by atoms with van der Waals surface area (Å²) in [6, 6.07) is 1.01. The molecule has 0 bridgehead atoms. The van der Waals surface area contributed by atoms with Crippen LogP contribution in [0.2, 0.25) is 0 Å². The Labute approximate surface area is 124 Å². The molecule has 118 valence electrons. The lowest BCUT2D eigenvalue weighted by molar-refractivity contribution is 0.0563. The summed E-state index contributed by atoms with van der Waals surface area (Å²) >= 11 is 0. The molecule has 0 aromatic carbocycles. The topological polar surface area (TPSA) is 103 Å². The Bertz CT molecular complexity index is 623. The number of rotatable bonds is 4. The Kier molecular flexibility index (Phi) is 4.70. The zero-order chi connectivity index (χ0) is 15.6. The SMILES string of the molecule is COC(=O)c1cc(S(=O)(=O)N2CCCCC2CN)c(C)o1. The van der Waals surface area contributed by atoms with Crippen molar-refractivity contribution in [3.05, 3.63) is 17.6 Å². The van der Waals surface area contributed by atoms with Gasteiger partial charge in [0.2, 0.25) is 15.8 Å². The van der Waals surface area contributed by atoms with Crippen LogP contribution in [0.15, 0.2) is 15.4 Å². The van der Waals surface area contributed by atoms with Crippen molar-refractivity contribution < 1.29 is 22.4 Å². The molecule has 21 heavy (non-hydrogen) atoms. The van der Waals surface area contributed by atoms with E-state index in [-0.39, 0.29) is 29.0 Å². The second-order valence-corrected chi connectivity index (χ2v) is 6.88. The number of methoxy groups -OCH3 is 1. The van der Waals surface area contributed by atoms with Gasteiger partial charge in [-0.1, -0.05) is 6.42 Å². The molecule has 0 amide bonds. The van der Waals surface area contributed by atoms with Crippen LogP contribution >= 0.6 is 0 Å². The molecule has 1 fully saturated rings. The second kappa shape index (κ2) is 6.17. The Morgan fingerprint density at radius 1 is 1.52 bits per heavy atom. The van der Waals surface area contributed by atoms with Gasteiger partial charge in [0.25, 0.3) is 0 Å². The van der Waals surface area contributed by atoms with E-state index >= 15 is 0 Å². The van der Waals surface area contributed by atoms with Gasteiger partial charge in [0, 0.05) is 25.2 Å². The van der Waals surface area contributed by atoms with E-state index in [1.807, 2.05) is 0 Å². The molecule has 1 atom stereocenters. The summed E-state index contributed by atoms with van der Waals surface area (Å²) in [5, 5.41) is 0. The van der Waals surface area contributed by atoms with E-state index in [2.05, 4.69) is 4.74 Å². The number of carbonyl (C=O) groups excluding carboxylic acids is 1. The average molecular weight is 316 g/mol. The van der Waals surface area contributed by atoms with E-state index in [0.29, 0.717) is 6.54 Å². The molecule has 8 heteroatoms. The Morgan fingerprint density at radius 3 is 2.86 bits per heavy atom. The molecule has 7 nitrogen and oxygen atoms in total. The number of aryl methyl sites for hydroxylation is 1. The van der Waals surface area contributed by atoms with Gasteiger partial charge in [-0.05, 0) is 19.8 Å². The molecule has 1 aromatic heterocycles. The van der Waals surface area contributed by atoms with E-state index in [0.717, 1.165) is 19.3 Å². The largest absolute Gasteiger partial charge is 0.463 e. The molecule has 0 saturated carbocycles. The smallest absolute Gasteiger partial charge is 0.373 e. The van der Waals surface area contributed by atoms with Gasteiger partial charge in [-0.25, -0.2) is 13.2 Å². The molecule has 1 aromatic rings. The first-order valence-electron chi connectivity index (χ1n) is 6.82. The molecule has 0 spiro atoms. The van der Waals surface area contributed by atoms with Crippen molar-refractivity contribution >= 4 is 16.0 Å². The molecule has 2 rings (SSSR count). The van der Waals surface area contributed by atoms with Gasteiger partial charge in [-0.2, -0.15) is 4.31 Å². The van der Waals surface area contributed by atoms with Crippen molar-refractivity contribution in [2.75, 3.05) is 20.2 Å². The normalized spacial score (nSPS) is 20.4. The minimum atomic E-state index is -3.72. The maximum absolute atomic E-state index is 12.8. The maximum Gasteiger partial charge on any atom is 0.373 e. The van der Waals surface area contributed by atoms with Crippen molar-refractivity contribution in [3.63, 3.8) is 0 Å². The third-order valence-electron chi connectivity index (χ3n) is 3.69. The first-order valence-corrected chi connectivity index (χ1v) is 8.26. The molecular formula is C13H20N2O5S. The highest BCUT2D eigenvalue weighted by atomic mass is 32.2. The first-order chi connectivity index (χ1) is 9.91. The van der Waals surface area contributed by atoms with Crippen LogP contribution in [-0.2, 0) is 14.8 Å². The van der Waals surface area contributed by atoms with Gasteiger partial charge in [0.15, 0.2) is 0 Å². The minimum Gasteiger partial charge on any atom is -0.463 e. The van der Waals surface area contributed by atoms with Gasteiger partial charge < -0.3 is 14.9 Å². The van der Waals surface area contributed by atoms with Gasteiger partial charge in [0.05, 0.1) is 7.11 Å². The number of hydrogen-bond donors (Lipinski definition) is 1. The fourth-order valence-corrected chi connectivity index (χ4v) is 4.44. The predicted octanol–water partition coefficient (Wildman–Crippen LogP) is 0.877. The highest BCUT2D eigenvalue weighted by molar-refractivity contribution is 7.89. The van der Waals surface area contributed by atoms with Crippen molar-refractivity contribution in [1.29, 1.82) is 0 Å². The number of esters is 1. The lowest BCUT2D eigenvalue weighted by Gasteiger charge is -2.33. The molecule has 2 N–H and O–H groups in total. The number of hydrogen-bond acceptors (Lipinski definition) is 6. The van der Waals surface area contributed by atoms with Crippen molar-refractivity contribution in [3.8, 4) is 0 Å². The molecule has 1 unspecified atom stereocenters. The van der Waals surface area contributed by atoms with Crippen LogP contribution in [0.1, 0.15) is 35.6 Å². The van der Waals surface area contributed by atoms with Crippen LogP contribution in [0.4, 0.5) is 0 Å². The number of furan rings is 1. The molecular weight excluding hydrogens is 296 g/mol. The molecule has 0 radical (unpaired) electrons. The summed E-state index contributed by atoms with van der Waals surface area (Å²) < 4.78 is 36.7. The van der Waals surface area contributed by atoms with Crippen molar-refractivity contribution in [1.82, 2.24) is 4.31 Å². The van der Waals surface area contributed by atoms with E-state index in [1.165, 1.54) is 24.4 Å². The van der Waals surface area contributed by atoms with Crippen molar-refractivity contribution in [2.24, 2.45) is 5.73 Å². The van der Waals surface area contributed by atoms with Crippen LogP contribution in [0, 0.1) is 6.92 Å². The van der Waals surface area contributed by atoms with E-state index < -0.39 is 16.0 Å². The Balaban J connectivity index is 2.39. The summed E-state index contributed by atoms with van der Waals surface area (Å²) in [7, 11) is -2.51. The first kappa shape index (κ1) is 16.0. The highest BCUT2D eigenvalue weighted by Crippen LogP contribution is 2.28. The van der Waals surface area contributed by atoms with Gasteiger partial charge in [0.1, 0.15) is 10.7 Å². The standard InChI is InChI=1S/C13H20N2O5S/c1-9-12(7-11(20-9)13(16)19-2)21(17,18)15-6-4-3-5-10(15)8-14/h7,10H,3-6,8,14H2,1-2H3. The average Bonchev–Trinajstić information content (AvgIpc) is 2.89. The number of nitrogens with two attached hydrogens (primary N) is 1. The van der Waals surface area contributed by atoms with Crippen LogP contribution in [0.3, 0.4) is 0 Å². The molecule has 1 aliphatic rings. The molecule has 1 aliphatic heterocycles. The monoisotopic (exact) mass is 316 g/mol. The fourth-order valence-electron chi connectivity index (χ4n) is 2.58. The molecule has 2 heterocycles. The lowest BCUT2D eigenvalue weighted by Crippen LogP contribution is -2.47. The fraction of sp³-hybridized carbons (Fsp3) is 0.615. The maximum atomic E-state index is 12.8. The third-order valence-corrected chi connectivity index (χ3v) is 5.75. The molecule has 0 aliphatic carbocycles. The quantitative estimate of drug-likeness (QED) is 0.827. The molecule has 1 saturated heterocycles. The summed E-state index contributed by atoms with van der Waals surface area (Å²) in [5.41, 5.74) is 5.68. The highest BCUT2D eigenvalue weighted by Gasteiger charge is 2.35. The summed E-state index contributed by atoms with van der Waals surface area (Å²) in [6.45, 7) is 2.23. The minimum absolute atomic E-state index is 0.00301. The summed E-state index contributed by atoms with van der Waals surface area (Å²) in [4.78, 5) is 11.5. The number of carbonyl (C=O) groups is 1. The van der Waals surface area contributed by atoms with Crippen molar-refractivity contribution in [2.45, 2.75) is 37.1 Å². The Hall–Kier alpha value is -1.38. The lowest BCUT2D eigenvalue weighted by atomic mass is 10.1. The van der Waals surface area contributed by atoms with E-state index in [9.17, 15) is 13.2 Å². The number of nitrogens with zero attached hydrogens (tertiary/aromatic N) is 1. The van der Waals surface area contributed by atoms with Gasteiger partial charge >= 0.3 is 5.97 Å². The third kappa shape index (κ3) is 2.97. The second-order valence-electron chi connectivity index (χ2n) is 5.02. The summed E-state index contributed by atoms with van der Waals surface area (Å²) in [6.07, 6.45) is 2.51. The Morgan fingerprint density at radius 2 is 2.24 bits per heavy atom. The van der Waals surface area contributed by atoms with E-state index in [1.54, 1.807) is 0 Å². The number of ether oxygens (including phenoxy) is 1. The van der Waals surface area contributed by atoms with Crippen LogP contribution in [0.5, 0.6) is 0 Å². The van der Waals surface area contributed by atoms with Crippen LogP contribution in [-0.4, -0.2) is 44.9 Å². The zero-order valence-electron chi connectivity index (χ0n) is 12.2.